The zero-order valence-electron chi connectivity index (χ0n) is 11.5. The van der Waals surface area contributed by atoms with Crippen LogP contribution in [0.25, 0.3) is 0 Å². The van der Waals surface area contributed by atoms with Crippen LogP contribution in [0.3, 0.4) is 0 Å². The highest BCUT2D eigenvalue weighted by atomic mass is 19.1. The number of hydrogen-bond donors (Lipinski definition) is 1. The molecule has 0 amide bonds. The first-order valence-electron chi connectivity index (χ1n) is 7.08. The summed E-state index contributed by atoms with van der Waals surface area (Å²) >= 11 is 0. The molecule has 108 valence electrons. The Bertz CT molecular complexity index is 672. The third kappa shape index (κ3) is 2.07. The van der Waals surface area contributed by atoms with Crippen molar-refractivity contribution in [3.63, 3.8) is 0 Å². The minimum atomic E-state index is -0.402. The summed E-state index contributed by atoms with van der Waals surface area (Å²) in [4.78, 5) is 12.7. The van der Waals surface area contributed by atoms with E-state index in [-0.39, 0.29) is 0 Å². The van der Waals surface area contributed by atoms with Gasteiger partial charge in [-0.1, -0.05) is 0 Å². The van der Waals surface area contributed by atoms with Gasteiger partial charge in [-0.25, -0.2) is 14.4 Å². The van der Waals surface area contributed by atoms with Gasteiger partial charge in [-0.2, -0.15) is 0 Å². The molecule has 1 aromatic carbocycles. The van der Waals surface area contributed by atoms with E-state index in [1.54, 1.807) is 0 Å². The molecule has 2 N–H and O–H groups in total. The molecule has 0 bridgehead atoms. The Morgan fingerprint density at radius 3 is 2.81 bits per heavy atom. The summed E-state index contributed by atoms with van der Waals surface area (Å²) in [7, 11) is 0. The van der Waals surface area contributed by atoms with Crippen molar-refractivity contribution >= 4 is 17.3 Å². The topological polar surface area (TPSA) is 58.3 Å². The standard InChI is InChI=1S/C15H16FN5/c16-11-7-18-15(19-8-11)20-3-4-21-13(9-20)6-10-5-12(17)1-2-14(10)21/h1-2,5,7-8,13H,3-4,6,9,17H2. The van der Waals surface area contributed by atoms with Gasteiger partial charge in [-0.05, 0) is 30.2 Å². The molecule has 1 unspecified atom stereocenters. The second-order valence-electron chi connectivity index (χ2n) is 5.59. The number of piperazine rings is 1. The molecular weight excluding hydrogens is 269 g/mol. The van der Waals surface area contributed by atoms with Crippen molar-refractivity contribution in [1.29, 1.82) is 0 Å². The zero-order valence-corrected chi connectivity index (χ0v) is 11.5. The van der Waals surface area contributed by atoms with E-state index in [0.717, 1.165) is 31.7 Å². The number of nitrogens with two attached hydrogens (primary N) is 1. The fourth-order valence-corrected chi connectivity index (χ4v) is 3.30. The monoisotopic (exact) mass is 285 g/mol. The largest absolute Gasteiger partial charge is 0.399 e. The van der Waals surface area contributed by atoms with E-state index in [4.69, 9.17) is 5.73 Å². The summed E-state index contributed by atoms with van der Waals surface area (Å²) in [5.74, 6) is 0.202. The van der Waals surface area contributed by atoms with Gasteiger partial charge in [0.15, 0.2) is 5.82 Å². The van der Waals surface area contributed by atoms with Crippen molar-refractivity contribution in [2.45, 2.75) is 12.5 Å². The molecule has 4 rings (SSSR count). The summed E-state index contributed by atoms with van der Waals surface area (Å²) in [5, 5.41) is 0. The highest BCUT2D eigenvalue weighted by Gasteiger charge is 2.34. The van der Waals surface area contributed by atoms with Crippen LogP contribution in [0.4, 0.5) is 21.7 Å². The van der Waals surface area contributed by atoms with Crippen LogP contribution in [0.5, 0.6) is 0 Å². The van der Waals surface area contributed by atoms with Crippen LogP contribution < -0.4 is 15.5 Å². The van der Waals surface area contributed by atoms with Crippen LogP contribution in [-0.2, 0) is 6.42 Å². The van der Waals surface area contributed by atoms with Crippen molar-refractivity contribution < 1.29 is 4.39 Å². The van der Waals surface area contributed by atoms with Gasteiger partial charge in [0, 0.05) is 31.0 Å². The molecule has 5 nitrogen and oxygen atoms in total. The highest BCUT2D eigenvalue weighted by Crippen LogP contribution is 2.35. The maximum atomic E-state index is 12.9. The molecule has 2 aliphatic rings. The van der Waals surface area contributed by atoms with Gasteiger partial charge in [0.1, 0.15) is 0 Å². The molecule has 2 aromatic rings. The molecule has 1 aromatic heterocycles. The maximum Gasteiger partial charge on any atom is 0.225 e. The SMILES string of the molecule is Nc1ccc2c(c1)CC1CN(c3ncc(F)cn3)CCN21. The van der Waals surface area contributed by atoms with Crippen molar-refractivity contribution in [1.82, 2.24) is 9.97 Å². The quantitative estimate of drug-likeness (QED) is 0.804. The Hall–Kier alpha value is -2.37. The molecular formula is C15H16FN5. The van der Waals surface area contributed by atoms with Gasteiger partial charge < -0.3 is 15.5 Å². The normalized spacial score (nSPS) is 20.3. The third-order valence-electron chi connectivity index (χ3n) is 4.24. The summed E-state index contributed by atoms with van der Waals surface area (Å²) in [5.41, 5.74) is 9.27. The smallest absolute Gasteiger partial charge is 0.225 e. The fraction of sp³-hybridized carbons (Fsp3) is 0.333. The second kappa shape index (κ2) is 4.58. The van der Waals surface area contributed by atoms with E-state index in [2.05, 4.69) is 31.9 Å². The summed E-state index contributed by atoms with van der Waals surface area (Å²) < 4.78 is 12.9. The van der Waals surface area contributed by atoms with Crippen LogP contribution >= 0.6 is 0 Å². The van der Waals surface area contributed by atoms with Crippen LogP contribution in [0.1, 0.15) is 5.56 Å². The Balaban J connectivity index is 1.56. The van der Waals surface area contributed by atoms with E-state index >= 15 is 0 Å². The van der Waals surface area contributed by atoms with Crippen LogP contribution in [0.2, 0.25) is 0 Å². The van der Waals surface area contributed by atoms with Gasteiger partial charge in [0.2, 0.25) is 5.95 Å². The van der Waals surface area contributed by atoms with Crippen molar-refractivity contribution in [2.75, 3.05) is 35.2 Å². The van der Waals surface area contributed by atoms with E-state index in [0.29, 0.717) is 12.0 Å². The van der Waals surface area contributed by atoms with Gasteiger partial charge in [-0.15, -0.1) is 0 Å². The molecule has 21 heavy (non-hydrogen) atoms. The third-order valence-corrected chi connectivity index (χ3v) is 4.24. The van der Waals surface area contributed by atoms with Gasteiger partial charge in [0.05, 0.1) is 18.4 Å². The highest BCUT2D eigenvalue weighted by molar-refractivity contribution is 5.65. The van der Waals surface area contributed by atoms with E-state index in [9.17, 15) is 4.39 Å². The van der Waals surface area contributed by atoms with Crippen LogP contribution in [-0.4, -0.2) is 35.6 Å². The zero-order chi connectivity index (χ0) is 14.4. The first kappa shape index (κ1) is 12.4. The molecule has 2 aliphatic heterocycles. The summed E-state index contributed by atoms with van der Waals surface area (Å²) in [6, 6.07) is 6.53. The van der Waals surface area contributed by atoms with Gasteiger partial charge in [-0.3, -0.25) is 0 Å². The minimum absolute atomic E-state index is 0.402. The molecule has 0 radical (unpaired) electrons. The van der Waals surface area contributed by atoms with Gasteiger partial charge in [0.25, 0.3) is 0 Å². The van der Waals surface area contributed by atoms with Crippen LogP contribution in [0.15, 0.2) is 30.6 Å². The number of fused-ring (bicyclic) bond motifs is 3. The molecule has 1 fully saturated rings. The number of nitrogen functional groups attached to an aromatic ring is 1. The molecule has 3 heterocycles. The Morgan fingerprint density at radius 1 is 1.19 bits per heavy atom. The molecule has 0 aliphatic carbocycles. The number of halogens is 1. The lowest BCUT2D eigenvalue weighted by Crippen LogP contribution is -2.52. The number of hydrogen-bond acceptors (Lipinski definition) is 5. The predicted octanol–water partition coefficient (Wildman–Crippen LogP) is 1.45. The summed E-state index contributed by atoms with van der Waals surface area (Å²) in [6.45, 7) is 2.61. The lowest BCUT2D eigenvalue weighted by molar-refractivity contribution is 0.533. The van der Waals surface area contributed by atoms with E-state index in [1.807, 2.05) is 6.07 Å². The second-order valence-corrected chi connectivity index (χ2v) is 5.59. The lowest BCUT2D eigenvalue weighted by Gasteiger charge is -2.39. The predicted molar refractivity (Wildman–Crippen MR) is 79.9 cm³/mol. The average Bonchev–Trinajstić information content (AvgIpc) is 2.84. The van der Waals surface area contributed by atoms with E-state index < -0.39 is 5.82 Å². The van der Waals surface area contributed by atoms with Gasteiger partial charge >= 0.3 is 0 Å². The lowest BCUT2D eigenvalue weighted by atomic mass is 10.1. The fourth-order valence-electron chi connectivity index (χ4n) is 3.30. The number of aromatic nitrogens is 2. The Kier molecular flexibility index (Phi) is 2.70. The Morgan fingerprint density at radius 2 is 2.00 bits per heavy atom. The molecule has 0 spiro atoms. The number of rotatable bonds is 1. The van der Waals surface area contributed by atoms with Crippen molar-refractivity contribution in [3.8, 4) is 0 Å². The molecule has 6 heteroatoms. The van der Waals surface area contributed by atoms with E-state index in [1.165, 1.54) is 23.6 Å². The minimum Gasteiger partial charge on any atom is -0.399 e. The Labute approximate surface area is 122 Å². The van der Waals surface area contributed by atoms with Crippen LogP contribution in [0, 0.1) is 5.82 Å². The van der Waals surface area contributed by atoms with Crippen molar-refractivity contribution in [3.05, 3.63) is 42.0 Å². The number of nitrogens with zero attached hydrogens (tertiary/aromatic N) is 4. The summed E-state index contributed by atoms with van der Waals surface area (Å²) in [6.07, 6.45) is 3.43. The molecule has 1 saturated heterocycles. The first-order chi connectivity index (χ1) is 10.2. The number of benzene rings is 1. The molecule has 0 saturated carbocycles. The average molecular weight is 285 g/mol. The van der Waals surface area contributed by atoms with Crippen molar-refractivity contribution in [2.24, 2.45) is 0 Å². The number of anilines is 3. The molecule has 1 atom stereocenters. The first-order valence-corrected chi connectivity index (χ1v) is 7.08. The maximum absolute atomic E-state index is 12.9.